The van der Waals surface area contributed by atoms with Crippen molar-refractivity contribution in [2.24, 2.45) is 0 Å². The Hall–Kier alpha value is -4.22. The molecule has 0 aliphatic rings. The van der Waals surface area contributed by atoms with Gasteiger partial charge in [-0.15, -0.1) is 11.3 Å². The van der Waals surface area contributed by atoms with Crippen LogP contribution in [0.2, 0.25) is 0 Å². The van der Waals surface area contributed by atoms with Gasteiger partial charge in [0.05, 0.1) is 11.4 Å². The van der Waals surface area contributed by atoms with E-state index >= 15 is 0 Å². The van der Waals surface area contributed by atoms with Crippen molar-refractivity contribution in [3.63, 3.8) is 0 Å². The molecular formula is C36H32N2O2S. The van der Waals surface area contributed by atoms with E-state index in [0.29, 0.717) is 5.88 Å². The van der Waals surface area contributed by atoms with Gasteiger partial charge in [0.15, 0.2) is 0 Å². The third kappa shape index (κ3) is 4.54. The molecule has 0 spiro atoms. The molecule has 0 amide bonds. The first-order chi connectivity index (χ1) is 19.5. The summed E-state index contributed by atoms with van der Waals surface area (Å²) < 4.78 is 15.5. The fourth-order valence-corrected chi connectivity index (χ4v) is 6.62. The highest BCUT2D eigenvalue weighted by atomic mass is 32.1. The first-order valence-electron chi connectivity index (χ1n) is 14.0. The highest BCUT2D eigenvalue weighted by molar-refractivity contribution is 7.26. The lowest BCUT2D eigenvalue weighted by atomic mass is 9.85. The zero-order valence-corrected chi connectivity index (χ0v) is 25.0. The molecule has 0 N–H and O–H groups in total. The first kappa shape index (κ1) is 25.7. The summed E-state index contributed by atoms with van der Waals surface area (Å²) in [7, 11) is 0. The summed E-state index contributed by atoms with van der Waals surface area (Å²) in [5.74, 6) is 1.37. The van der Waals surface area contributed by atoms with E-state index < -0.39 is 0 Å². The van der Waals surface area contributed by atoms with Crippen LogP contribution >= 0.6 is 11.3 Å². The molecule has 7 rings (SSSR count). The summed E-state index contributed by atoms with van der Waals surface area (Å²) >= 11 is 1.82. The number of pyridine rings is 2. The van der Waals surface area contributed by atoms with Gasteiger partial charge in [0.25, 0.3) is 0 Å². The predicted molar refractivity (Wildman–Crippen MR) is 171 cm³/mol. The second kappa shape index (κ2) is 9.15. The van der Waals surface area contributed by atoms with Crippen LogP contribution in [0.5, 0.6) is 11.6 Å². The van der Waals surface area contributed by atoms with Gasteiger partial charge in [0, 0.05) is 31.9 Å². The zero-order valence-electron chi connectivity index (χ0n) is 24.2. The maximum atomic E-state index is 6.71. The number of ether oxygens (including phenoxy) is 1. The Morgan fingerprint density at radius 2 is 1.49 bits per heavy atom. The Balaban J connectivity index is 1.38. The molecule has 0 radical (unpaired) electrons. The maximum Gasteiger partial charge on any atom is 0.223 e. The molecule has 4 aromatic heterocycles. The van der Waals surface area contributed by atoms with Gasteiger partial charge in [0.1, 0.15) is 16.9 Å². The van der Waals surface area contributed by atoms with E-state index in [1.165, 1.54) is 25.7 Å². The summed E-state index contributed by atoms with van der Waals surface area (Å²) in [4.78, 5) is 9.50. The Labute approximate surface area is 244 Å². The normalized spacial score (nSPS) is 12.6. The molecule has 7 aromatic rings. The minimum Gasteiger partial charge on any atom is -0.456 e. The molecule has 0 aliphatic heterocycles. The van der Waals surface area contributed by atoms with E-state index in [1.54, 1.807) is 6.20 Å². The van der Waals surface area contributed by atoms with Gasteiger partial charge in [-0.1, -0.05) is 65.8 Å². The molecule has 204 valence electrons. The van der Waals surface area contributed by atoms with Crippen LogP contribution in [-0.4, -0.2) is 9.97 Å². The quantitative estimate of drug-likeness (QED) is 0.216. The molecule has 4 heterocycles. The number of thiophene rings is 1. The molecule has 3 aromatic carbocycles. The lowest BCUT2D eigenvalue weighted by Crippen LogP contribution is -2.14. The van der Waals surface area contributed by atoms with Gasteiger partial charge in [0.2, 0.25) is 5.88 Å². The van der Waals surface area contributed by atoms with Crippen molar-refractivity contribution in [2.75, 3.05) is 0 Å². The van der Waals surface area contributed by atoms with Crippen molar-refractivity contribution in [3.8, 4) is 34.1 Å². The first-order valence-corrected chi connectivity index (χ1v) is 14.8. The standard InChI is InChI=1S/C36H32N2O2S/c1-35(2,3)23-16-21(22-18-29-33-31(19-22)41-30-12-9-11-28(40-29)32(30)33)17-24(20-23)39-34-25(36(4,5)6)13-14-27(38-34)26-10-7-8-15-37-26/h7-20H,1-6H3. The molecule has 5 heteroatoms. The van der Waals surface area contributed by atoms with Crippen molar-refractivity contribution in [1.29, 1.82) is 0 Å². The highest BCUT2D eigenvalue weighted by Crippen LogP contribution is 2.45. The molecule has 0 aliphatic carbocycles. The topological polar surface area (TPSA) is 48.2 Å². The number of hydrogen-bond acceptors (Lipinski definition) is 5. The number of benzene rings is 3. The van der Waals surface area contributed by atoms with Gasteiger partial charge in [-0.25, -0.2) is 4.98 Å². The molecule has 0 saturated carbocycles. The smallest absolute Gasteiger partial charge is 0.223 e. The predicted octanol–water partition coefficient (Wildman–Crippen LogP) is 10.7. The molecule has 0 saturated heterocycles. The van der Waals surface area contributed by atoms with Crippen LogP contribution in [0.3, 0.4) is 0 Å². The number of nitrogens with zero attached hydrogens (tertiary/aromatic N) is 2. The van der Waals surface area contributed by atoms with Crippen molar-refractivity contribution in [2.45, 2.75) is 52.4 Å². The fourth-order valence-electron chi connectivity index (χ4n) is 5.44. The number of hydrogen-bond donors (Lipinski definition) is 0. The second-order valence-corrected chi connectivity index (χ2v) is 13.9. The van der Waals surface area contributed by atoms with E-state index in [1.807, 2.05) is 35.6 Å². The van der Waals surface area contributed by atoms with Crippen LogP contribution in [0.25, 0.3) is 53.9 Å². The average molecular weight is 557 g/mol. The van der Waals surface area contributed by atoms with E-state index in [2.05, 4.69) is 101 Å². The lowest BCUT2D eigenvalue weighted by molar-refractivity contribution is 0.435. The molecule has 0 unspecified atom stereocenters. The van der Waals surface area contributed by atoms with Gasteiger partial charge in [-0.2, -0.15) is 0 Å². The summed E-state index contributed by atoms with van der Waals surface area (Å²) in [5.41, 5.74) is 7.69. The van der Waals surface area contributed by atoms with E-state index in [-0.39, 0.29) is 10.8 Å². The number of furan rings is 1. The van der Waals surface area contributed by atoms with Gasteiger partial charge in [-0.3, -0.25) is 4.98 Å². The Morgan fingerprint density at radius 3 is 2.24 bits per heavy atom. The lowest BCUT2D eigenvalue weighted by Gasteiger charge is -2.24. The molecule has 0 fully saturated rings. The average Bonchev–Trinajstić information content (AvgIpc) is 3.51. The largest absolute Gasteiger partial charge is 0.456 e. The summed E-state index contributed by atoms with van der Waals surface area (Å²) in [6.07, 6.45) is 1.79. The van der Waals surface area contributed by atoms with Crippen molar-refractivity contribution >= 4 is 42.7 Å². The second-order valence-electron chi connectivity index (χ2n) is 12.8. The summed E-state index contributed by atoms with van der Waals surface area (Å²) in [6, 6.07) is 27.3. The van der Waals surface area contributed by atoms with Gasteiger partial charge < -0.3 is 9.15 Å². The third-order valence-corrected chi connectivity index (χ3v) is 8.76. The number of aromatic nitrogens is 2. The van der Waals surface area contributed by atoms with Crippen LogP contribution in [0.15, 0.2) is 89.5 Å². The van der Waals surface area contributed by atoms with E-state index in [9.17, 15) is 0 Å². The van der Waals surface area contributed by atoms with Crippen LogP contribution in [0, 0.1) is 0 Å². The van der Waals surface area contributed by atoms with Gasteiger partial charge in [-0.05, 0) is 82.1 Å². The SMILES string of the molecule is CC(C)(C)c1cc(Oc2nc(-c3ccccn3)ccc2C(C)(C)C)cc(-c2cc3oc4cccc5sc(c2)c3c45)c1. The summed E-state index contributed by atoms with van der Waals surface area (Å²) in [6.45, 7) is 13.2. The molecular weight excluding hydrogens is 524 g/mol. The van der Waals surface area contributed by atoms with E-state index in [4.69, 9.17) is 14.1 Å². The molecule has 41 heavy (non-hydrogen) atoms. The van der Waals surface area contributed by atoms with Crippen LogP contribution in [0.4, 0.5) is 0 Å². The third-order valence-electron chi connectivity index (χ3n) is 7.66. The fraction of sp³-hybridized carbons (Fsp3) is 0.222. The van der Waals surface area contributed by atoms with Gasteiger partial charge >= 0.3 is 0 Å². The minimum atomic E-state index is -0.152. The summed E-state index contributed by atoms with van der Waals surface area (Å²) in [5, 5.41) is 2.45. The van der Waals surface area contributed by atoms with Crippen molar-refractivity contribution in [3.05, 3.63) is 96.2 Å². The van der Waals surface area contributed by atoms with E-state index in [0.717, 1.165) is 45.0 Å². The molecule has 0 bridgehead atoms. The minimum absolute atomic E-state index is 0.0770. The monoisotopic (exact) mass is 556 g/mol. The van der Waals surface area contributed by atoms with Crippen molar-refractivity contribution < 1.29 is 9.15 Å². The maximum absolute atomic E-state index is 6.71. The Bertz CT molecular complexity index is 1980. The van der Waals surface area contributed by atoms with Crippen LogP contribution < -0.4 is 4.74 Å². The number of rotatable bonds is 4. The highest BCUT2D eigenvalue weighted by Gasteiger charge is 2.24. The Kier molecular flexibility index (Phi) is 5.74. The zero-order chi connectivity index (χ0) is 28.5. The molecule has 4 nitrogen and oxygen atoms in total. The van der Waals surface area contributed by atoms with Crippen molar-refractivity contribution in [1.82, 2.24) is 9.97 Å². The van der Waals surface area contributed by atoms with Crippen LogP contribution in [-0.2, 0) is 10.8 Å². The Morgan fingerprint density at radius 1 is 0.683 bits per heavy atom. The van der Waals surface area contributed by atoms with Crippen LogP contribution in [0.1, 0.15) is 52.7 Å². The molecule has 0 atom stereocenters.